The molecule has 1 nitrogen and oxygen atoms in total. The maximum atomic E-state index is 5.03. The summed E-state index contributed by atoms with van der Waals surface area (Å²) in [7, 11) is 0. The van der Waals surface area contributed by atoms with Crippen LogP contribution in [0.15, 0.2) is 152 Å². The van der Waals surface area contributed by atoms with E-state index in [9.17, 15) is 0 Å². The molecule has 0 radical (unpaired) electrons. The van der Waals surface area contributed by atoms with E-state index in [1.807, 2.05) is 32.0 Å². The molecule has 3 unspecified atom stereocenters. The zero-order chi connectivity index (χ0) is 30.7. The van der Waals surface area contributed by atoms with Gasteiger partial charge in [0.1, 0.15) is 0 Å². The molecule has 0 aliphatic heterocycles. The van der Waals surface area contributed by atoms with E-state index in [2.05, 4.69) is 154 Å². The Morgan fingerprint density at radius 2 is 1.17 bits per heavy atom. The van der Waals surface area contributed by atoms with E-state index in [4.69, 9.17) is 12.6 Å². The zero-order valence-electron chi connectivity index (χ0n) is 26.2. The minimum atomic E-state index is 0.186. The normalized spacial score (nSPS) is 13.7. The zero-order valence-corrected chi connectivity index (χ0v) is 27.1. The quantitative estimate of drug-likeness (QED) is 0.169. The van der Waals surface area contributed by atoms with Crippen molar-refractivity contribution in [3.05, 3.63) is 169 Å². The molecule has 0 amide bonds. The van der Waals surface area contributed by atoms with E-state index in [-0.39, 0.29) is 5.25 Å². The highest BCUT2D eigenvalue weighted by Gasteiger charge is 2.23. The van der Waals surface area contributed by atoms with Gasteiger partial charge in [-0.15, -0.1) is 13.2 Å². The Morgan fingerprint density at radius 1 is 0.667 bits per heavy atom. The van der Waals surface area contributed by atoms with Gasteiger partial charge in [-0.3, -0.25) is 0 Å². The first-order valence-electron chi connectivity index (χ1n) is 15.1. The van der Waals surface area contributed by atoms with Crippen LogP contribution in [0.25, 0.3) is 0 Å². The first-order valence-corrected chi connectivity index (χ1v) is 15.6. The van der Waals surface area contributed by atoms with Gasteiger partial charge in [0, 0.05) is 22.3 Å². The van der Waals surface area contributed by atoms with Crippen LogP contribution in [0.3, 0.4) is 0 Å². The molecular weight excluding hydrogens is 527 g/mol. The molecule has 42 heavy (non-hydrogen) atoms. The van der Waals surface area contributed by atoms with Crippen LogP contribution >= 0.6 is 12.6 Å². The maximum absolute atomic E-state index is 5.03. The number of thiol groups is 1. The van der Waals surface area contributed by atoms with Gasteiger partial charge in [-0.1, -0.05) is 136 Å². The summed E-state index contributed by atoms with van der Waals surface area (Å²) >= 11 is 5.03. The lowest BCUT2D eigenvalue weighted by Gasteiger charge is -2.30. The van der Waals surface area contributed by atoms with Gasteiger partial charge >= 0.3 is 0 Å². The van der Waals surface area contributed by atoms with Crippen LogP contribution in [-0.2, 0) is 0 Å². The molecule has 0 bridgehead atoms. The average Bonchev–Trinajstić information content (AvgIpc) is 3.08. The molecule has 5 rings (SSSR count). The molecule has 2 heteroatoms. The van der Waals surface area contributed by atoms with Gasteiger partial charge in [0.15, 0.2) is 0 Å². The van der Waals surface area contributed by atoms with E-state index in [1.165, 1.54) is 33.8 Å². The van der Waals surface area contributed by atoms with Crippen molar-refractivity contribution >= 4 is 24.0 Å². The van der Waals surface area contributed by atoms with Crippen molar-refractivity contribution < 1.29 is 0 Å². The molecule has 1 aliphatic carbocycles. The van der Waals surface area contributed by atoms with Gasteiger partial charge in [-0.2, -0.15) is 12.6 Å². The molecule has 0 aromatic heterocycles. The molecule has 4 aromatic rings. The van der Waals surface area contributed by atoms with Crippen LogP contribution in [0.1, 0.15) is 68.4 Å². The summed E-state index contributed by atoms with van der Waals surface area (Å²) in [4.78, 5) is 2.37. The first-order chi connectivity index (χ1) is 20.5. The second kappa shape index (κ2) is 19.4. The number of rotatable bonds is 7. The van der Waals surface area contributed by atoms with Crippen molar-refractivity contribution in [3.8, 4) is 0 Å². The number of nitrogens with zero attached hydrogens (tertiary/aromatic N) is 1. The number of allylic oxidation sites excluding steroid dienone is 4. The van der Waals surface area contributed by atoms with Crippen LogP contribution in [0.2, 0.25) is 0 Å². The third kappa shape index (κ3) is 10.3. The van der Waals surface area contributed by atoms with Crippen LogP contribution < -0.4 is 4.90 Å². The van der Waals surface area contributed by atoms with Crippen LogP contribution in [-0.4, -0.2) is 0 Å². The van der Waals surface area contributed by atoms with Gasteiger partial charge in [0.2, 0.25) is 0 Å². The van der Waals surface area contributed by atoms with Gasteiger partial charge in [-0.25, -0.2) is 0 Å². The monoisotopic (exact) mass is 575 g/mol. The summed E-state index contributed by atoms with van der Waals surface area (Å²) < 4.78 is 0. The lowest BCUT2D eigenvalue weighted by atomic mass is 9.84. The van der Waals surface area contributed by atoms with Crippen molar-refractivity contribution in [2.45, 2.75) is 58.6 Å². The molecule has 0 heterocycles. The Bertz CT molecular complexity index is 1310. The molecular formula is C40H49NS. The summed E-state index contributed by atoms with van der Waals surface area (Å²) in [5.41, 5.74) is 7.69. The summed E-state index contributed by atoms with van der Waals surface area (Å²) in [5.74, 6) is 0.872. The molecule has 0 saturated heterocycles. The smallest absolute Gasteiger partial charge is 0.0458 e. The van der Waals surface area contributed by atoms with Gasteiger partial charge in [0.05, 0.1) is 0 Å². The lowest BCUT2D eigenvalue weighted by molar-refractivity contribution is 0.478. The van der Waals surface area contributed by atoms with E-state index < -0.39 is 0 Å². The van der Waals surface area contributed by atoms with Crippen molar-refractivity contribution in [1.29, 1.82) is 0 Å². The number of para-hydroxylation sites is 1. The molecule has 1 aliphatic rings. The fraction of sp³-hybridized carbons (Fsp3) is 0.250. The van der Waals surface area contributed by atoms with Crippen molar-refractivity contribution in [2.75, 3.05) is 4.90 Å². The van der Waals surface area contributed by atoms with E-state index in [0.29, 0.717) is 11.8 Å². The fourth-order valence-electron chi connectivity index (χ4n) is 4.83. The Balaban J connectivity index is 0.000000479. The Morgan fingerprint density at radius 3 is 1.64 bits per heavy atom. The molecule has 3 atom stereocenters. The Hall–Kier alpha value is -3.75. The summed E-state index contributed by atoms with van der Waals surface area (Å²) in [5, 5.41) is 0.186. The largest absolute Gasteiger partial charge is 0.314 e. The Kier molecular flexibility index (Phi) is 15.9. The number of anilines is 2. The number of aryl methyl sites for hydroxylation is 1. The van der Waals surface area contributed by atoms with Crippen molar-refractivity contribution in [3.63, 3.8) is 0 Å². The minimum Gasteiger partial charge on any atom is -0.314 e. The summed E-state index contributed by atoms with van der Waals surface area (Å²) in [6, 6.07) is 40.6. The standard InChI is InChI=1S/C29H31NS.C7H8.C2H6.C2H4/c1-22(24-12-6-3-7-13-24)23(2)29(31)25-18-20-28(21-19-25)30(26-14-8-4-9-15-26)27-16-10-5-11-17-27;1-7-5-3-2-4-6-7;2*1-2/h3-10,12-16,18-23,29,31H,11,17H2,1-2H3;2-6H,1H3;1-2H3;1-2H2. The molecule has 0 spiro atoms. The van der Waals surface area contributed by atoms with Gasteiger partial charge in [0.25, 0.3) is 0 Å². The van der Waals surface area contributed by atoms with E-state index >= 15 is 0 Å². The highest BCUT2D eigenvalue weighted by Crippen LogP contribution is 2.39. The Labute approximate surface area is 261 Å². The average molecular weight is 576 g/mol. The highest BCUT2D eigenvalue weighted by atomic mass is 32.1. The van der Waals surface area contributed by atoms with Crippen LogP contribution in [0.5, 0.6) is 0 Å². The molecule has 220 valence electrons. The maximum Gasteiger partial charge on any atom is 0.0458 e. The minimum absolute atomic E-state index is 0.186. The predicted molar refractivity (Wildman–Crippen MR) is 191 cm³/mol. The van der Waals surface area contributed by atoms with Gasteiger partial charge in [-0.05, 0) is 73.1 Å². The number of hydrogen-bond donors (Lipinski definition) is 1. The van der Waals surface area contributed by atoms with Gasteiger partial charge < -0.3 is 4.90 Å². The molecule has 0 fully saturated rings. The van der Waals surface area contributed by atoms with Crippen LogP contribution in [0, 0.1) is 12.8 Å². The summed E-state index contributed by atoms with van der Waals surface area (Å²) in [6.07, 6.45) is 8.76. The van der Waals surface area contributed by atoms with E-state index in [0.717, 1.165) is 12.8 Å². The fourth-order valence-corrected chi connectivity index (χ4v) is 5.26. The summed E-state index contributed by atoms with van der Waals surface area (Å²) in [6.45, 7) is 16.7. The number of benzene rings is 4. The van der Waals surface area contributed by atoms with E-state index in [1.54, 1.807) is 0 Å². The molecule has 0 N–H and O–H groups in total. The first kappa shape index (κ1) is 34.5. The third-order valence-corrected chi connectivity index (χ3v) is 8.11. The molecule has 0 saturated carbocycles. The van der Waals surface area contributed by atoms with Crippen molar-refractivity contribution in [2.24, 2.45) is 5.92 Å². The predicted octanol–water partition coefficient (Wildman–Crippen LogP) is 12.3. The lowest BCUT2D eigenvalue weighted by Crippen LogP contribution is -2.17. The second-order valence-electron chi connectivity index (χ2n) is 10.0. The highest BCUT2D eigenvalue weighted by molar-refractivity contribution is 7.80. The topological polar surface area (TPSA) is 3.24 Å². The second-order valence-corrected chi connectivity index (χ2v) is 10.6. The SMILES string of the molecule is C=C.CC.CC(c1ccccc1)C(C)C(S)c1ccc(N(C2=CC=CCC2)c2ccccc2)cc1.Cc1ccccc1. The van der Waals surface area contributed by atoms with Crippen LogP contribution in [0.4, 0.5) is 11.4 Å². The third-order valence-electron chi connectivity index (χ3n) is 7.34. The number of hydrogen-bond acceptors (Lipinski definition) is 2. The molecule has 4 aromatic carbocycles. The van der Waals surface area contributed by atoms with Crippen molar-refractivity contribution in [1.82, 2.24) is 0 Å².